The topological polar surface area (TPSA) is 59.8 Å². The van der Waals surface area contributed by atoms with Gasteiger partial charge in [0.2, 0.25) is 5.91 Å². The lowest BCUT2D eigenvalue weighted by Gasteiger charge is -2.05. The Hall–Kier alpha value is -2.90. The summed E-state index contributed by atoms with van der Waals surface area (Å²) < 4.78 is 4.07. The molecule has 1 N–H and O–H groups in total. The van der Waals surface area contributed by atoms with Crippen LogP contribution in [0.1, 0.15) is 28.1 Å². The first-order valence-electron chi connectivity index (χ1n) is 9.96. The number of thiazole rings is 1. The molecular formula is C24H24N4OS2. The third-order valence-electron chi connectivity index (χ3n) is 5.10. The third kappa shape index (κ3) is 4.89. The number of hydrogen-bond donors (Lipinski definition) is 1. The molecule has 0 spiro atoms. The summed E-state index contributed by atoms with van der Waals surface area (Å²) in [5.41, 5.74) is 7.09. The van der Waals surface area contributed by atoms with E-state index in [0.29, 0.717) is 6.54 Å². The van der Waals surface area contributed by atoms with Gasteiger partial charge in [0.15, 0.2) is 4.34 Å². The number of thioether (sulfide) groups is 1. The van der Waals surface area contributed by atoms with E-state index in [1.807, 2.05) is 49.1 Å². The number of aromatic nitrogens is 3. The average Bonchev–Trinajstić information content (AvgIpc) is 3.28. The highest BCUT2D eigenvalue weighted by molar-refractivity contribution is 8.00. The molecular weight excluding hydrogens is 424 g/mol. The molecule has 0 saturated heterocycles. The van der Waals surface area contributed by atoms with Gasteiger partial charge in [-0.3, -0.25) is 9.48 Å². The predicted octanol–water partition coefficient (Wildman–Crippen LogP) is 5.84. The van der Waals surface area contributed by atoms with Crippen LogP contribution < -0.4 is 5.32 Å². The SMILES string of the molecule is CSc1nc2ccc(NC(=O)/C=C/c3c(C)nn(Cc4ccc(C)cc4)c3C)cc2s1. The molecule has 0 bridgehead atoms. The Morgan fingerprint density at radius 1 is 1.16 bits per heavy atom. The van der Waals surface area contributed by atoms with Crippen LogP contribution in [0.25, 0.3) is 16.3 Å². The van der Waals surface area contributed by atoms with Crippen molar-refractivity contribution in [1.82, 2.24) is 14.8 Å². The van der Waals surface area contributed by atoms with Gasteiger partial charge in [0.25, 0.3) is 0 Å². The molecule has 0 radical (unpaired) electrons. The minimum Gasteiger partial charge on any atom is -0.322 e. The van der Waals surface area contributed by atoms with Crippen molar-refractivity contribution in [3.05, 3.63) is 76.6 Å². The van der Waals surface area contributed by atoms with Crippen LogP contribution in [0, 0.1) is 20.8 Å². The van der Waals surface area contributed by atoms with Gasteiger partial charge in [-0.05, 0) is 56.9 Å². The zero-order valence-electron chi connectivity index (χ0n) is 18.0. The Kier molecular flexibility index (Phi) is 6.25. The van der Waals surface area contributed by atoms with Gasteiger partial charge >= 0.3 is 0 Å². The summed E-state index contributed by atoms with van der Waals surface area (Å²) in [6, 6.07) is 14.2. The van der Waals surface area contributed by atoms with Crippen molar-refractivity contribution in [2.24, 2.45) is 0 Å². The molecule has 2 aromatic carbocycles. The molecule has 4 rings (SSSR count). The van der Waals surface area contributed by atoms with Crippen molar-refractivity contribution < 1.29 is 4.79 Å². The van der Waals surface area contributed by atoms with Crippen LogP contribution >= 0.6 is 23.1 Å². The smallest absolute Gasteiger partial charge is 0.248 e. The fraction of sp³-hybridized carbons (Fsp3) is 0.208. The van der Waals surface area contributed by atoms with Gasteiger partial charge in [-0.25, -0.2) is 4.98 Å². The average molecular weight is 449 g/mol. The largest absolute Gasteiger partial charge is 0.322 e. The maximum absolute atomic E-state index is 12.5. The molecule has 0 unspecified atom stereocenters. The third-order valence-corrected chi connectivity index (χ3v) is 7.11. The van der Waals surface area contributed by atoms with Crippen molar-refractivity contribution in [2.75, 3.05) is 11.6 Å². The van der Waals surface area contributed by atoms with Crippen molar-refractivity contribution in [1.29, 1.82) is 0 Å². The Morgan fingerprint density at radius 2 is 1.94 bits per heavy atom. The number of anilines is 1. The molecule has 4 aromatic rings. The summed E-state index contributed by atoms with van der Waals surface area (Å²) in [7, 11) is 0. The second-order valence-corrected chi connectivity index (χ2v) is 9.50. The number of aryl methyl sites for hydroxylation is 2. The summed E-state index contributed by atoms with van der Waals surface area (Å²) in [5.74, 6) is -0.168. The molecule has 7 heteroatoms. The molecule has 0 atom stereocenters. The van der Waals surface area contributed by atoms with Gasteiger partial charge in [0, 0.05) is 23.0 Å². The number of benzene rings is 2. The predicted molar refractivity (Wildman–Crippen MR) is 131 cm³/mol. The summed E-state index contributed by atoms with van der Waals surface area (Å²) in [6.45, 7) is 6.79. The first-order valence-corrected chi connectivity index (χ1v) is 12.0. The Labute approximate surface area is 190 Å². The van der Waals surface area contributed by atoms with Gasteiger partial charge in [-0.2, -0.15) is 5.10 Å². The Morgan fingerprint density at radius 3 is 2.68 bits per heavy atom. The Bertz CT molecular complexity index is 1270. The summed E-state index contributed by atoms with van der Waals surface area (Å²) in [5, 5.41) is 7.60. The van der Waals surface area contributed by atoms with Crippen molar-refractivity contribution in [3.8, 4) is 0 Å². The molecule has 158 valence electrons. The monoisotopic (exact) mass is 448 g/mol. The zero-order chi connectivity index (χ0) is 22.0. The molecule has 0 saturated carbocycles. The number of hydrogen-bond acceptors (Lipinski definition) is 5. The lowest BCUT2D eigenvalue weighted by molar-refractivity contribution is -0.111. The molecule has 31 heavy (non-hydrogen) atoms. The van der Waals surface area contributed by atoms with Crippen molar-refractivity contribution in [3.63, 3.8) is 0 Å². The van der Waals surface area contributed by atoms with E-state index < -0.39 is 0 Å². The van der Waals surface area contributed by atoms with Crippen LogP contribution in [0.4, 0.5) is 5.69 Å². The van der Waals surface area contributed by atoms with E-state index in [0.717, 1.165) is 37.2 Å². The Balaban J connectivity index is 1.47. The van der Waals surface area contributed by atoms with E-state index in [-0.39, 0.29) is 5.91 Å². The standard InChI is InChI=1S/C24H24N4OS2/c1-15-5-7-18(8-6-15)14-28-17(3)20(16(2)27-28)10-12-23(29)25-19-9-11-21-22(13-19)31-24(26-21)30-4/h5-13H,14H2,1-4H3,(H,25,29)/b12-10+. The fourth-order valence-corrected chi connectivity index (χ4v) is 4.91. The number of amides is 1. The molecule has 2 heterocycles. The second kappa shape index (κ2) is 9.08. The number of fused-ring (bicyclic) bond motifs is 1. The van der Waals surface area contributed by atoms with Gasteiger partial charge in [-0.1, -0.05) is 41.6 Å². The first-order chi connectivity index (χ1) is 14.9. The van der Waals surface area contributed by atoms with Crippen LogP contribution in [-0.4, -0.2) is 26.9 Å². The summed E-state index contributed by atoms with van der Waals surface area (Å²) in [6.07, 6.45) is 5.42. The number of carbonyl (C=O) groups excluding carboxylic acids is 1. The number of rotatable bonds is 6. The highest BCUT2D eigenvalue weighted by Crippen LogP contribution is 2.30. The van der Waals surface area contributed by atoms with Crippen LogP contribution in [0.3, 0.4) is 0 Å². The van der Waals surface area contributed by atoms with E-state index in [1.165, 1.54) is 11.1 Å². The minimum absolute atomic E-state index is 0.168. The maximum Gasteiger partial charge on any atom is 0.248 e. The first kappa shape index (κ1) is 21.3. The second-order valence-electron chi connectivity index (χ2n) is 7.42. The van der Waals surface area contributed by atoms with Crippen LogP contribution in [-0.2, 0) is 11.3 Å². The molecule has 0 fully saturated rings. The van der Waals surface area contributed by atoms with Crippen LogP contribution in [0.15, 0.2) is 52.9 Å². The van der Waals surface area contributed by atoms with Crippen molar-refractivity contribution in [2.45, 2.75) is 31.7 Å². The molecule has 0 aliphatic heterocycles. The van der Waals surface area contributed by atoms with Gasteiger partial charge in [-0.15, -0.1) is 11.3 Å². The van der Waals surface area contributed by atoms with Gasteiger partial charge in [0.05, 0.1) is 22.5 Å². The van der Waals surface area contributed by atoms with Gasteiger partial charge in [0.1, 0.15) is 0 Å². The van der Waals surface area contributed by atoms with Crippen LogP contribution in [0.2, 0.25) is 0 Å². The lowest BCUT2D eigenvalue weighted by Crippen LogP contribution is -2.07. The van der Waals surface area contributed by atoms with E-state index >= 15 is 0 Å². The highest BCUT2D eigenvalue weighted by Gasteiger charge is 2.10. The number of nitrogens with one attached hydrogen (secondary N) is 1. The normalized spacial score (nSPS) is 11.5. The lowest BCUT2D eigenvalue weighted by atomic mass is 10.1. The number of carbonyl (C=O) groups is 1. The zero-order valence-corrected chi connectivity index (χ0v) is 19.6. The summed E-state index contributed by atoms with van der Waals surface area (Å²) >= 11 is 3.25. The molecule has 0 aliphatic rings. The molecule has 2 aromatic heterocycles. The minimum atomic E-state index is -0.168. The van der Waals surface area contributed by atoms with E-state index in [4.69, 9.17) is 0 Å². The molecule has 5 nitrogen and oxygen atoms in total. The molecule has 1 amide bonds. The number of nitrogens with zero attached hydrogens (tertiary/aromatic N) is 3. The van der Waals surface area contributed by atoms with E-state index in [9.17, 15) is 4.79 Å². The van der Waals surface area contributed by atoms with E-state index in [1.54, 1.807) is 29.2 Å². The summed E-state index contributed by atoms with van der Waals surface area (Å²) in [4.78, 5) is 17.0. The highest BCUT2D eigenvalue weighted by atomic mass is 32.2. The molecule has 0 aliphatic carbocycles. The van der Waals surface area contributed by atoms with Gasteiger partial charge < -0.3 is 5.32 Å². The van der Waals surface area contributed by atoms with Crippen LogP contribution in [0.5, 0.6) is 0 Å². The quantitative estimate of drug-likeness (QED) is 0.297. The van der Waals surface area contributed by atoms with Crippen molar-refractivity contribution >= 4 is 51.0 Å². The maximum atomic E-state index is 12.5. The van der Waals surface area contributed by atoms with E-state index in [2.05, 4.69) is 46.6 Å². The fourth-order valence-electron chi connectivity index (χ4n) is 3.38.